The van der Waals surface area contributed by atoms with Gasteiger partial charge in [0.1, 0.15) is 9.84 Å². The van der Waals surface area contributed by atoms with Gasteiger partial charge in [0.25, 0.3) is 0 Å². The number of nitrogens with one attached hydrogen (secondary N) is 1. The normalized spacial score (nSPS) is 16.2. The average Bonchev–Trinajstić information content (AvgIpc) is 3.27. The zero-order valence-electron chi connectivity index (χ0n) is 13.8. The lowest BCUT2D eigenvalue weighted by molar-refractivity contribution is 0.465. The fourth-order valence-electron chi connectivity index (χ4n) is 3.48. The molecule has 5 heterocycles. The van der Waals surface area contributed by atoms with E-state index in [-0.39, 0.29) is 0 Å². The molecule has 0 atom stereocenters. The van der Waals surface area contributed by atoms with Crippen LogP contribution in [0.1, 0.15) is 29.3 Å². The molecule has 25 heavy (non-hydrogen) atoms. The fourth-order valence-corrected chi connectivity index (χ4v) is 6.11. The number of nitrogens with zero attached hydrogens (tertiary/aromatic N) is 3. The number of rotatable bonds is 2. The Labute approximate surface area is 158 Å². The molecule has 0 spiro atoms. The van der Waals surface area contributed by atoms with Crippen molar-refractivity contribution in [2.24, 2.45) is 0 Å². The Balaban J connectivity index is 1.53. The Kier molecular flexibility index (Phi) is 3.82. The van der Waals surface area contributed by atoms with Crippen molar-refractivity contribution in [3.8, 4) is 10.6 Å². The van der Waals surface area contributed by atoms with Crippen LogP contribution in [0.2, 0.25) is 5.02 Å². The van der Waals surface area contributed by atoms with Crippen LogP contribution in [-0.4, -0.2) is 27.5 Å². The highest BCUT2D eigenvalue weighted by Gasteiger charge is 2.19. The van der Waals surface area contributed by atoms with E-state index >= 15 is 0 Å². The zero-order chi connectivity index (χ0) is 17.0. The lowest BCUT2D eigenvalue weighted by atomic mass is 9.97. The molecule has 1 fully saturated rings. The van der Waals surface area contributed by atoms with Gasteiger partial charge in [-0.05, 0) is 50.9 Å². The molecular weight excluding hydrogens is 372 g/mol. The summed E-state index contributed by atoms with van der Waals surface area (Å²) in [5.74, 6) is 0.691. The van der Waals surface area contributed by atoms with Crippen LogP contribution in [0, 0.1) is 6.92 Å². The van der Waals surface area contributed by atoms with Crippen molar-refractivity contribution < 1.29 is 0 Å². The maximum absolute atomic E-state index is 6.42. The van der Waals surface area contributed by atoms with Gasteiger partial charge in [0.15, 0.2) is 5.65 Å². The maximum atomic E-state index is 6.42. The largest absolute Gasteiger partial charge is 0.317 e. The van der Waals surface area contributed by atoms with E-state index in [1.165, 1.54) is 22.4 Å². The topological polar surface area (TPSA) is 42.2 Å². The predicted molar refractivity (Wildman–Crippen MR) is 106 cm³/mol. The highest BCUT2D eigenvalue weighted by molar-refractivity contribution is 7.28. The Morgan fingerprint density at radius 3 is 2.80 bits per heavy atom. The number of thiazole rings is 1. The maximum Gasteiger partial charge on any atom is 0.155 e. The SMILES string of the molecule is Cc1cn2cc(-c3nc4sc(C5CCNCC5)cc4s3)cc(Cl)c2n1. The van der Waals surface area contributed by atoms with Gasteiger partial charge in [-0.2, -0.15) is 0 Å². The molecule has 1 aliphatic heterocycles. The van der Waals surface area contributed by atoms with Crippen molar-refractivity contribution in [2.75, 3.05) is 13.1 Å². The standard InChI is InChI=1S/C18H17ClN4S2/c1-10-8-23-9-12(6-13(19)16(23)21-10)17-22-18-15(25-17)7-14(24-18)11-2-4-20-5-3-11/h6-9,11,20H,2-5H2,1H3. The number of fused-ring (bicyclic) bond motifs is 2. The molecule has 4 aromatic rings. The number of thiophene rings is 1. The summed E-state index contributed by atoms with van der Waals surface area (Å²) in [7, 11) is 0. The van der Waals surface area contributed by atoms with Gasteiger partial charge in [0.2, 0.25) is 0 Å². The Morgan fingerprint density at radius 2 is 2.00 bits per heavy atom. The van der Waals surface area contributed by atoms with E-state index in [9.17, 15) is 0 Å². The minimum Gasteiger partial charge on any atom is -0.317 e. The Hall–Kier alpha value is -1.47. The number of hydrogen-bond acceptors (Lipinski definition) is 5. The molecule has 0 amide bonds. The molecule has 1 N–H and O–H groups in total. The van der Waals surface area contributed by atoms with E-state index < -0.39 is 0 Å². The van der Waals surface area contributed by atoms with Crippen LogP contribution in [0.15, 0.2) is 24.5 Å². The first kappa shape index (κ1) is 15.8. The highest BCUT2D eigenvalue weighted by atomic mass is 35.5. The van der Waals surface area contributed by atoms with Gasteiger partial charge in [-0.1, -0.05) is 11.6 Å². The molecule has 0 radical (unpaired) electrons. The summed E-state index contributed by atoms with van der Waals surface area (Å²) < 4.78 is 3.27. The summed E-state index contributed by atoms with van der Waals surface area (Å²) in [6.07, 6.45) is 6.52. The summed E-state index contributed by atoms with van der Waals surface area (Å²) in [6, 6.07) is 4.32. The van der Waals surface area contributed by atoms with Crippen molar-refractivity contribution in [3.63, 3.8) is 0 Å². The monoisotopic (exact) mass is 388 g/mol. The van der Waals surface area contributed by atoms with Crippen molar-refractivity contribution in [1.29, 1.82) is 0 Å². The molecule has 0 aliphatic carbocycles. The third-order valence-electron chi connectivity index (χ3n) is 4.72. The van der Waals surface area contributed by atoms with Gasteiger partial charge in [-0.25, -0.2) is 9.97 Å². The smallest absolute Gasteiger partial charge is 0.155 e. The molecular formula is C18H17ClN4S2. The first-order valence-corrected chi connectivity index (χ1v) is 10.4. The van der Waals surface area contributed by atoms with E-state index in [1.54, 1.807) is 11.3 Å². The summed E-state index contributed by atoms with van der Waals surface area (Å²) in [4.78, 5) is 12.0. The summed E-state index contributed by atoms with van der Waals surface area (Å²) >= 11 is 10.0. The molecule has 0 saturated carbocycles. The van der Waals surface area contributed by atoms with Gasteiger partial charge in [-0.15, -0.1) is 22.7 Å². The molecule has 4 aromatic heterocycles. The third kappa shape index (κ3) is 2.77. The molecule has 0 unspecified atom stereocenters. The van der Waals surface area contributed by atoms with Gasteiger partial charge >= 0.3 is 0 Å². The van der Waals surface area contributed by atoms with E-state index in [2.05, 4.69) is 22.6 Å². The molecule has 0 aromatic carbocycles. The molecule has 128 valence electrons. The third-order valence-corrected chi connectivity index (χ3v) is 7.37. The summed E-state index contributed by atoms with van der Waals surface area (Å²) in [6.45, 7) is 4.22. The number of pyridine rings is 1. The number of aryl methyl sites for hydroxylation is 1. The Bertz CT molecular complexity index is 1040. The second-order valence-electron chi connectivity index (χ2n) is 6.55. The molecule has 4 nitrogen and oxygen atoms in total. The molecule has 1 aliphatic rings. The van der Waals surface area contributed by atoms with Gasteiger partial charge in [0.05, 0.1) is 15.4 Å². The quantitative estimate of drug-likeness (QED) is 0.519. The van der Waals surface area contributed by atoms with Gasteiger partial charge in [-0.3, -0.25) is 0 Å². The number of halogens is 1. The van der Waals surface area contributed by atoms with Crippen LogP contribution in [0.4, 0.5) is 0 Å². The number of aromatic nitrogens is 3. The van der Waals surface area contributed by atoms with Gasteiger partial charge < -0.3 is 9.72 Å². The zero-order valence-corrected chi connectivity index (χ0v) is 16.1. The summed E-state index contributed by atoms with van der Waals surface area (Å²) in [5.41, 5.74) is 2.81. The molecule has 1 saturated heterocycles. The predicted octanol–water partition coefficient (Wildman–Crippen LogP) is 5.10. The highest BCUT2D eigenvalue weighted by Crippen LogP contribution is 2.40. The molecule has 7 heteroatoms. The second-order valence-corrected chi connectivity index (χ2v) is 9.05. The van der Waals surface area contributed by atoms with Crippen molar-refractivity contribution in [2.45, 2.75) is 25.7 Å². The minimum atomic E-state index is 0.666. The Morgan fingerprint density at radius 1 is 1.16 bits per heavy atom. The van der Waals surface area contributed by atoms with Gasteiger partial charge in [0, 0.05) is 22.8 Å². The molecule has 0 bridgehead atoms. The number of piperidine rings is 1. The number of imidazole rings is 1. The van der Waals surface area contributed by atoms with E-state index in [0.717, 1.165) is 39.8 Å². The summed E-state index contributed by atoms with van der Waals surface area (Å²) in [5, 5.41) is 5.12. The first-order chi connectivity index (χ1) is 12.2. The second kappa shape index (κ2) is 6.06. The van der Waals surface area contributed by atoms with Crippen LogP contribution in [0.5, 0.6) is 0 Å². The van der Waals surface area contributed by atoms with Crippen molar-refractivity contribution in [1.82, 2.24) is 19.7 Å². The minimum absolute atomic E-state index is 0.666. The fraction of sp³-hybridized carbons (Fsp3) is 0.333. The van der Waals surface area contributed by atoms with Crippen LogP contribution in [-0.2, 0) is 0 Å². The average molecular weight is 389 g/mol. The van der Waals surface area contributed by atoms with Crippen LogP contribution in [0.25, 0.3) is 25.7 Å². The number of hydrogen-bond donors (Lipinski definition) is 1. The van der Waals surface area contributed by atoms with E-state index in [0.29, 0.717) is 10.9 Å². The van der Waals surface area contributed by atoms with Crippen molar-refractivity contribution in [3.05, 3.63) is 40.1 Å². The lowest BCUT2D eigenvalue weighted by Gasteiger charge is -2.21. The molecule has 5 rings (SSSR count). The van der Waals surface area contributed by atoms with E-state index in [4.69, 9.17) is 16.6 Å². The lowest BCUT2D eigenvalue weighted by Crippen LogP contribution is -2.26. The van der Waals surface area contributed by atoms with Crippen molar-refractivity contribution >= 4 is 49.5 Å². The van der Waals surface area contributed by atoms with Crippen LogP contribution < -0.4 is 5.32 Å². The van der Waals surface area contributed by atoms with Crippen LogP contribution in [0.3, 0.4) is 0 Å². The first-order valence-electron chi connectivity index (χ1n) is 8.43. The van der Waals surface area contributed by atoms with Crippen LogP contribution >= 0.6 is 34.3 Å². The van der Waals surface area contributed by atoms with E-state index in [1.807, 2.05) is 34.9 Å².